The number of nitrogen functional groups attached to an aromatic ring is 1. The molecule has 0 saturated carbocycles. The second-order valence-electron chi connectivity index (χ2n) is 6.76. The molecule has 5 rings (SSSR count). The fraction of sp³-hybridized carbons (Fsp3) is 0.211. The van der Waals surface area contributed by atoms with E-state index >= 15 is 0 Å². The zero-order valence-electron chi connectivity index (χ0n) is 15.8. The molecule has 4 aromatic rings. The van der Waals surface area contributed by atoms with E-state index in [-0.39, 0.29) is 11.5 Å². The van der Waals surface area contributed by atoms with Crippen molar-refractivity contribution in [3.8, 4) is 28.6 Å². The molecule has 1 fully saturated rings. The summed E-state index contributed by atoms with van der Waals surface area (Å²) in [6, 6.07) is 4.51. The summed E-state index contributed by atoms with van der Waals surface area (Å²) in [7, 11) is 0. The molecule has 1 aliphatic rings. The normalized spacial score (nSPS) is 14.3. The van der Waals surface area contributed by atoms with Gasteiger partial charge in [0.25, 0.3) is 0 Å². The van der Waals surface area contributed by atoms with Crippen LogP contribution in [0, 0.1) is 0 Å². The number of aromatic nitrogens is 6. The minimum atomic E-state index is -0.235. The molecule has 152 valence electrons. The summed E-state index contributed by atoms with van der Waals surface area (Å²) in [6.45, 7) is 2.49. The van der Waals surface area contributed by atoms with Crippen molar-refractivity contribution in [2.24, 2.45) is 0 Å². The van der Waals surface area contributed by atoms with Crippen molar-refractivity contribution < 1.29 is 14.9 Å². The van der Waals surface area contributed by atoms with Crippen molar-refractivity contribution in [2.45, 2.75) is 0 Å². The van der Waals surface area contributed by atoms with Crippen LogP contribution in [0.1, 0.15) is 0 Å². The number of nitrogens with two attached hydrogens (primary N) is 1. The molecular weight excluding hydrogens is 388 g/mol. The molecule has 4 N–H and O–H groups in total. The van der Waals surface area contributed by atoms with Gasteiger partial charge in [0.2, 0.25) is 5.95 Å². The maximum atomic E-state index is 9.92. The van der Waals surface area contributed by atoms with Gasteiger partial charge >= 0.3 is 0 Å². The molecule has 30 heavy (non-hydrogen) atoms. The first-order valence-electron chi connectivity index (χ1n) is 9.28. The highest BCUT2D eigenvalue weighted by Crippen LogP contribution is 2.31. The van der Waals surface area contributed by atoms with Crippen molar-refractivity contribution in [3.63, 3.8) is 0 Å². The molecular formula is C19H18N8O3. The molecule has 1 saturated heterocycles. The third kappa shape index (κ3) is 3.10. The van der Waals surface area contributed by atoms with E-state index in [1.807, 2.05) is 4.90 Å². The van der Waals surface area contributed by atoms with E-state index in [0.29, 0.717) is 66.3 Å². The van der Waals surface area contributed by atoms with Gasteiger partial charge in [0.15, 0.2) is 17.1 Å². The fourth-order valence-corrected chi connectivity index (χ4v) is 3.28. The van der Waals surface area contributed by atoms with Crippen LogP contribution >= 0.6 is 0 Å². The molecule has 0 bridgehead atoms. The standard InChI is InChI=1S/C19H18N8O3/c20-15-9-21-12(8-22-15)16-17-18(25-19(24-16)26-3-5-30-6-4-26)27(10-23-17)11-1-2-13(28)14(29)7-11/h1-2,7-10,28-29H,3-6H2,(H2,20,22). The molecule has 0 radical (unpaired) electrons. The Morgan fingerprint density at radius 3 is 2.53 bits per heavy atom. The zero-order valence-corrected chi connectivity index (χ0v) is 15.8. The van der Waals surface area contributed by atoms with E-state index in [1.165, 1.54) is 18.3 Å². The second-order valence-corrected chi connectivity index (χ2v) is 6.76. The summed E-state index contributed by atoms with van der Waals surface area (Å²) in [5.74, 6) is 0.387. The number of hydrogen-bond donors (Lipinski definition) is 3. The van der Waals surface area contributed by atoms with Crippen LogP contribution in [-0.2, 0) is 4.74 Å². The number of phenols is 2. The van der Waals surface area contributed by atoms with Crippen LogP contribution in [0.3, 0.4) is 0 Å². The molecule has 1 aliphatic heterocycles. The number of imidazole rings is 1. The molecule has 1 aromatic carbocycles. The molecule has 0 spiro atoms. The SMILES string of the molecule is Nc1cnc(-c2nc(N3CCOCC3)nc3c2ncn3-c2ccc(O)c(O)c2)cn1. The highest BCUT2D eigenvalue weighted by atomic mass is 16.5. The fourth-order valence-electron chi connectivity index (χ4n) is 3.28. The van der Waals surface area contributed by atoms with Crippen molar-refractivity contribution in [3.05, 3.63) is 36.9 Å². The number of anilines is 2. The average Bonchev–Trinajstić information content (AvgIpc) is 3.20. The lowest BCUT2D eigenvalue weighted by Crippen LogP contribution is -2.37. The van der Waals surface area contributed by atoms with Crippen LogP contribution in [0.2, 0.25) is 0 Å². The van der Waals surface area contributed by atoms with Gasteiger partial charge in [0.05, 0.1) is 31.3 Å². The highest BCUT2D eigenvalue weighted by Gasteiger charge is 2.21. The van der Waals surface area contributed by atoms with E-state index < -0.39 is 0 Å². The van der Waals surface area contributed by atoms with E-state index in [9.17, 15) is 10.2 Å². The largest absolute Gasteiger partial charge is 0.504 e. The maximum absolute atomic E-state index is 9.92. The number of phenolic OH excluding ortho intramolecular Hbond substituents is 2. The summed E-state index contributed by atoms with van der Waals surface area (Å²) in [5.41, 5.74) is 8.37. The molecule has 0 unspecified atom stereocenters. The lowest BCUT2D eigenvalue weighted by atomic mass is 10.2. The van der Waals surface area contributed by atoms with Crippen LogP contribution in [0.4, 0.5) is 11.8 Å². The van der Waals surface area contributed by atoms with Crippen LogP contribution < -0.4 is 10.6 Å². The second kappa shape index (κ2) is 7.12. The van der Waals surface area contributed by atoms with Crippen LogP contribution in [0.25, 0.3) is 28.2 Å². The molecule has 4 heterocycles. The van der Waals surface area contributed by atoms with Gasteiger partial charge < -0.3 is 25.6 Å². The van der Waals surface area contributed by atoms with Crippen molar-refractivity contribution in [2.75, 3.05) is 36.9 Å². The van der Waals surface area contributed by atoms with Crippen LogP contribution in [-0.4, -0.2) is 66.0 Å². The predicted molar refractivity (Wildman–Crippen MR) is 108 cm³/mol. The molecule has 0 amide bonds. The van der Waals surface area contributed by atoms with Gasteiger partial charge in [-0.1, -0.05) is 0 Å². The van der Waals surface area contributed by atoms with Gasteiger partial charge in [-0.25, -0.2) is 19.9 Å². The Balaban J connectivity index is 1.72. The molecule has 11 nitrogen and oxygen atoms in total. The van der Waals surface area contributed by atoms with Gasteiger partial charge in [0.1, 0.15) is 29.0 Å². The first-order valence-corrected chi connectivity index (χ1v) is 9.28. The molecule has 0 aliphatic carbocycles. The van der Waals surface area contributed by atoms with Gasteiger partial charge in [0, 0.05) is 19.2 Å². The molecule has 3 aromatic heterocycles. The summed E-state index contributed by atoms with van der Waals surface area (Å²) in [5, 5.41) is 19.6. The quantitative estimate of drug-likeness (QED) is 0.422. The van der Waals surface area contributed by atoms with Gasteiger partial charge in [-0.15, -0.1) is 0 Å². The van der Waals surface area contributed by atoms with E-state index in [0.717, 1.165) is 0 Å². The number of rotatable bonds is 3. The maximum Gasteiger partial charge on any atom is 0.228 e. The summed E-state index contributed by atoms with van der Waals surface area (Å²) in [4.78, 5) is 24.4. The van der Waals surface area contributed by atoms with Crippen molar-refractivity contribution in [1.82, 2.24) is 29.5 Å². The number of morpholine rings is 1. The van der Waals surface area contributed by atoms with Gasteiger partial charge in [-0.05, 0) is 12.1 Å². The van der Waals surface area contributed by atoms with Gasteiger partial charge in [-0.2, -0.15) is 4.98 Å². The minimum absolute atomic E-state index is 0.204. The van der Waals surface area contributed by atoms with Crippen LogP contribution in [0.5, 0.6) is 11.5 Å². The van der Waals surface area contributed by atoms with Crippen molar-refractivity contribution >= 4 is 22.9 Å². The minimum Gasteiger partial charge on any atom is -0.504 e. The monoisotopic (exact) mass is 406 g/mol. The number of fused-ring (bicyclic) bond motifs is 1. The first kappa shape index (κ1) is 18.1. The number of nitrogens with zero attached hydrogens (tertiary/aromatic N) is 7. The Labute approximate surface area is 170 Å². The van der Waals surface area contributed by atoms with E-state index in [4.69, 9.17) is 20.4 Å². The average molecular weight is 406 g/mol. The van der Waals surface area contributed by atoms with Gasteiger partial charge in [-0.3, -0.25) is 4.57 Å². The number of benzene rings is 1. The van der Waals surface area contributed by atoms with Crippen LogP contribution in [0.15, 0.2) is 36.9 Å². The summed E-state index contributed by atoms with van der Waals surface area (Å²) < 4.78 is 7.15. The highest BCUT2D eigenvalue weighted by molar-refractivity contribution is 5.88. The van der Waals surface area contributed by atoms with E-state index in [1.54, 1.807) is 23.2 Å². The zero-order chi connectivity index (χ0) is 20.7. The number of aromatic hydroxyl groups is 2. The lowest BCUT2D eigenvalue weighted by molar-refractivity contribution is 0.122. The smallest absolute Gasteiger partial charge is 0.228 e. The lowest BCUT2D eigenvalue weighted by Gasteiger charge is -2.27. The third-order valence-electron chi connectivity index (χ3n) is 4.83. The predicted octanol–water partition coefficient (Wildman–Crippen LogP) is 1.10. The Bertz CT molecular complexity index is 1220. The first-order chi connectivity index (χ1) is 14.6. The summed E-state index contributed by atoms with van der Waals surface area (Å²) in [6.07, 6.45) is 4.60. The number of ether oxygens (including phenoxy) is 1. The topological polar surface area (TPSA) is 148 Å². The Morgan fingerprint density at radius 1 is 0.967 bits per heavy atom. The third-order valence-corrected chi connectivity index (χ3v) is 4.83. The number of hydrogen-bond acceptors (Lipinski definition) is 10. The Kier molecular flexibility index (Phi) is 4.29. The molecule has 0 atom stereocenters. The molecule has 11 heteroatoms. The Morgan fingerprint density at radius 2 is 1.80 bits per heavy atom. The summed E-state index contributed by atoms with van der Waals surface area (Å²) >= 11 is 0. The Hall–Kier alpha value is -3.99. The van der Waals surface area contributed by atoms with E-state index in [2.05, 4.69) is 15.0 Å². The van der Waals surface area contributed by atoms with Crippen molar-refractivity contribution in [1.29, 1.82) is 0 Å².